The van der Waals surface area contributed by atoms with Crippen molar-refractivity contribution < 1.29 is 4.74 Å². The molecule has 1 aliphatic heterocycles. The van der Waals surface area contributed by atoms with E-state index in [1.807, 2.05) is 0 Å². The van der Waals surface area contributed by atoms with Crippen LogP contribution in [0.4, 0.5) is 0 Å². The molecule has 146 valence electrons. The lowest BCUT2D eigenvalue weighted by atomic mass is 10.1. The minimum Gasteiger partial charge on any atom is -0.479 e. The quantitative estimate of drug-likeness (QED) is 0.195. The lowest BCUT2D eigenvalue weighted by molar-refractivity contribution is 0.306. The van der Waals surface area contributed by atoms with Gasteiger partial charge in [-0.2, -0.15) is 0 Å². The molecule has 1 rings (SSSR count). The first kappa shape index (κ1) is 22.3. The van der Waals surface area contributed by atoms with Gasteiger partial charge in [-0.1, -0.05) is 83.8 Å². The summed E-state index contributed by atoms with van der Waals surface area (Å²) in [6.45, 7) is 5.29. The number of rotatable bonds is 17. The summed E-state index contributed by atoms with van der Waals surface area (Å²) in [6, 6.07) is 0.434. The average Bonchev–Trinajstić information content (AvgIpc) is 3.09. The molecule has 0 radical (unpaired) electrons. The predicted octanol–water partition coefficient (Wildman–Crippen LogP) is 7.62. The molecule has 1 aliphatic rings. The molecule has 0 saturated heterocycles. The first-order chi connectivity index (χ1) is 12.4. The molecule has 0 N–H and O–H groups in total. The topological polar surface area (TPSA) is 21.6 Å². The van der Waals surface area contributed by atoms with E-state index in [9.17, 15) is 0 Å². The number of hydrogen-bond acceptors (Lipinski definition) is 2. The van der Waals surface area contributed by atoms with Crippen LogP contribution in [0.3, 0.4) is 0 Å². The normalized spacial score (nSPS) is 17.2. The highest BCUT2D eigenvalue weighted by Gasteiger charge is 2.15. The Morgan fingerprint density at radius 1 is 0.800 bits per heavy atom. The summed E-state index contributed by atoms with van der Waals surface area (Å²) >= 11 is 0. The second kappa shape index (κ2) is 16.7. The minimum atomic E-state index is 0.434. The summed E-state index contributed by atoms with van der Waals surface area (Å²) in [5.74, 6) is 1.02. The Labute approximate surface area is 157 Å². The molecule has 0 aromatic carbocycles. The van der Waals surface area contributed by atoms with E-state index in [1.165, 1.54) is 89.9 Å². The van der Waals surface area contributed by atoms with Crippen molar-refractivity contribution >= 4 is 5.90 Å². The number of aliphatic imine (C=N–C) groups is 1. The molecular weight excluding hydrogens is 306 g/mol. The van der Waals surface area contributed by atoms with Gasteiger partial charge in [-0.25, -0.2) is 4.99 Å². The molecule has 0 aromatic heterocycles. The summed E-state index contributed by atoms with van der Waals surface area (Å²) in [7, 11) is 0. The fourth-order valence-corrected chi connectivity index (χ4v) is 3.34. The maximum atomic E-state index is 5.62. The van der Waals surface area contributed by atoms with Gasteiger partial charge in [0.1, 0.15) is 6.61 Å². The Morgan fingerprint density at radius 2 is 1.36 bits per heavy atom. The maximum absolute atomic E-state index is 5.62. The third-order valence-corrected chi connectivity index (χ3v) is 5.14. The molecule has 0 aromatic rings. The summed E-state index contributed by atoms with van der Waals surface area (Å²) in [4.78, 5) is 4.60. The Hall–Kier alpha value is -0.790. The first-order valence-electron chi connectivity index (χ1n) is 11.2. The van der Waals surface area contributed by atoms with Crippen LogP contribution in [-0.4, -0.2) is 18.5 Å². The first-order valence-corrected chi connectivity index (χ1v) is 11.2. The van der Waals surface area contributed by atoms with Gasteiger partial charge in [0.25, 0.3) is 0 Å². The Bertz CT molecular complexity index is 348. The zero-order valence-electron chi connectivity index (χ0n) is 17.1. The van der Waals surface area contributed by atoms with Crippen LogP contribution in [0.5, 0.6) is 0 Å². The number of allylic oxidation sites excluding steroid dienone is 2. The van der Waals surface area contributed by atoms with Gasteiger partial charge in [0.15, 0.2) is 5.90 Å². The largest absolute Gasteiger partial charge is 0.479 e. The van der Waals surface area contributed by atoms with Crippen molar-refractivity contribution in [3.63, 3.8) is 0 Å². The fourth-order valence-electron chi connectivity index (χ4n) is 3.34. The molecule has 25 heavy (non-hydrogen) atoms. The van der Waals surface area contributed by atoms with E-state index in [0.717, 1.165) is 25.3 Å². The monoisotopic (exact) mass is 349 g/mol. The van der Waals surface area contributed by atoms with Crippen LogP contribution in [0, 0.1) is 0 Å². The molecular formula is C23H43NO. The zero-order valence-corrected chi connectivity index (χ0v) is 17.1. The Kier molecular flexibility index (Phi) is 14.8. The molecule has 1 unspecified atom stereocenters. The van der Waals surface area contributed by atoms with Crippen molar-refractivity contribution in [2.75, 3.05) is 6.61 Å². The van der Waals surface area contributed by atoms with E-state index in [2.05, 4.69) is 31.0 Å². The number of ether oxygens (including phenoxy) is 1. The van der Waals surface area contributed by atoms with Crippen molar-refractivity contribution in [2.45, 2.75) is 123 Å². The molecule has 0 aliphatic carbocycles. The van der Waals surface area contributed by atoms with E-state index >= 15 is 0 Å². The van der Waals surface area contributed by atoms with Gasteiger partial charge in [0.2, 0.25) is 0 Å². The van der Waals surface area contributed by atoms with Gasteiger partial charge < -0.3 is 4.74 Å². The highest BCUT2D eigenvalue weighted by Crippen LogP contribution is 2.14. The van der Waals surface area contributed by atoms with Gasteiger partial charge in [0, 0.05) is 6.42 Å². The van der Waals surface area contributed by atoms with Crippen LogP contribution in [0.2, 0.25) is 0 Å². The van der Waals surface area contributed by atoms with E-state index in [-0.39, 0.29) is 0 Å². The highest BCUT2D eigenvalue weighted by molar-refractivity contribution is 5.77. The molecule has 1 atom stereocenters. The van der Waals surface area contributed by atoms with Gasteiger partial charge in [-0.05, 0) is 38.5 Å². The molecule has 2 nitrogen and oxygen atoms in total. The molecule has 0 bridgehead atoms. The van der Waals surface area contributed by atoms with Crippen LogP contribution in [-0.2, 0) is 4.74 Å². The lowest BCUT2D eigenvalue weighted by Gasteiger charge is -2.02. The van der Waals surface area contributed by atoms with E-state index in [1.54, 1.807) is 0 Å². The van der Waals surface area contributed by atoms with Gasteiger partial charge in [-0.3, -0.25) is 0 Å². The number of nitrogens with zero attached hydrogens (tertiary/aromatic N) is 1. The zero-order chi connectivity index (χ0) is 18.0. The second-order valence-corrected chi connectivity index (χ2v) is 7.58. The third kappa shape index (κ3) is 13.1. The molecule has 0 fully saturated rings. The average molecular weight is 350 g/mol. The van der Waals surface area contributed by atoms with Crippen molar-refractivity contribution in [1.29, 1.82) is 0 Å². The van der Waals surface area contributed by atoms with Crippen LogP contribution in [0.25, 0.3) is 0 Å². The number of hydrogen-bond donors (Lipinski definition) is 0. The summed E-state index contributed by atoms with van der Waals surface area (Å²) in [6.07, 6.45) is 26.0. The molecule has 2 heteroatoms. The van der Waals surface area contributed by atoms with Crippen molar-refractivity contribution in [1.82, 2.24) is 0 Å². The lowest BCUT2D eigenvalue weighted by Crippen LogP contribution is -2.03. The van der Waals surface area contributed by atoms with Crippen molar-refractivity contribution in [2.24, 2.45) is 4.99 Å². The Morgan fingerprint density at radius 3 is 1.92 bits per heavy atom. The third-order valence-electron chi connectivity index (χ3n) is 5.14. The van der Waals surface area contributed by atoms with Crippen LogP contribution >= 0.6 is 0 Å². The maximum Gasteiger partial charge on any atom is 0.183 e. The summed E-state index contributed by atoms with van der Waals surface area (Å²) in [5.41, 5.74) is 0. The van der Waals surface area contributed by atoms with Crippen molar-refractivity contribution in [3.05, 3.63) is 12.2 Å². The van der Waals surface area contributed by atoms with Crippen LogP contribution in [0.15, 0.2) is 17.1 Å². The Balaban J connectivity index is 1.76. The summed E-state index contributed by atoms with van der Waals surface area (Å²) in [5, 5.41) is 0. The van der Waals surface area contributed by atoms with Crippen molar-refractivity contribution in [3.8, 4) is 0 Å². The summed E-state index contributed by atoms with van der Waals surface area (Å²) < 4.78 is 5.62. The smallest absolute Gasteiger partial charge is 0.183 e. The standard InChI is InChI=1S/C23H43NO/c1-3-5-6-7-8-9-10-11-12-13-14-15-16-17-18-19-20-23-24-22(4-2)21-25-23/h11-12,22H,3-10,13-21H2,1-2H3/b12-11-. The van der Waals surface area contributed by atoms with E-state index in [0.29, 0.717) is 6.04 Å². The molecule has 0 spiro atoms. The van der Waals surface area contributed by atoms with Gasteiger partial charge >= 0.3 is 0 Å². The molecule has 0 amide bonds. The van der Waals surface area contributed by atoms with Gasteiger partial charge in [0.05, 0.1) is 6.04 Å². The highest BCUT2D eigenvalue weighted by atomic mass is 16.5. The van der Waals surface area contributed by atoms with E-state index in [4.69, 9.17) is 4.74 Å². The minimum absolute atomic E-state index is 0.434. The SMILES string of the molecule is CCCCCCCC/C=C\CCCCCCCCC1=NC(CC)CO1. The van der Waals surface area contributed by atoms with Crippen LogP contribution in [0.1, 0.15) is 117 Å². The fraction of sp³-hybridized carbons (Fsp3) is 0.870. The van der Waals surface area contributed by atoms with E-state index < -0.39 is 0 Å². The number of unbranched alkanes of at least 4 members (excludes halogenated alkanes) is 12. The second-order valence-electron chi connectivity index (χ2n) is 7.58. The molecule has 1 heterocycles. The van der Waals surface area contributed by atoms with Crippen LogP contribution < -0.4 is 0 Å². The molecule has 0 saturated carbocycles. The predicted molar refractivity (Wildman–Crippen MR) is 112 cm³/mol. The van der Waals surface area contributed by atoms with Gasteiger partial charge in [-0.15, -0.1) is 0 Å².